The van der Waals surface area contributed by atoms with Gasteiger partial charge in [0.05, 0.1) is 17.6 Å². The van der Waals surface area contributed by atoms with E-state index in [0.717, 1.165) is 42.3 Å². The number of rotatable bonds is 3. The van der Waals surface area contributed by atoms with Crippen molar-refractivity contribution < 1.29 is 0 Å². The molecule has 1 saturated heterocycles. The van der Waals surface area contributed by atoms with Crippen LogP contribution in [0.15, 0.2) is 30.7 Å². The van der Waals surface area contributed by atoms with E-state index in [1.165, 1.54) is 0 Å². The van der Waals surface area contributed by atoms with Crippen LogP contribution in [0.3, 0.4) is 0 Å². The quantitative estimate of drug-likeness (QED) is 0.872. The van der Waals surface area contributed by atoms with Gasteiger partial charge in [-0.25, -0.2) is 9.97 Å². The number of nitrogens with zero attached hydrogens (tertiary/aromatic N) is 3. The van der Waals surface area contributed by atoms with Crippen LogP contribution in [0.2, 0.25) is 0 Å². The second-order valence-corrected chi connectivity index (χ2v) is 4.77. The standard InChI is InChI=1S/C14H17N5/c1-10-14(19-12-4-6-16-8-12)17-9-13(18-10)11-3-2-5-15-7-11/h2-3,5,7,9,12,16H,4,6,8H2,1H3,(H,17,19)/t12-/m1/s1. The molecule has 0 amide bonds. The van der Waals surface area contributed by atoms with Crippen molar-refractivity contribution in [3.05, 3.63) is 36.4 Å². The van der Waals surface area contributed by atoms with Gasteiger partial charge in [-0.2, -0.15) is 0 Å². The molecule has 2 N–H and O–H groups in total. The van der Waals surface area contributed by atoms with Gasteiger partial charge in [0.25, 0.3) is 0 Å². The summed E-state index contributed by atoms with van der Waals surface area (Å²) in [5.74, 6) is 0.876. The van der Waals surface area contributed by atoms with Gasteiger partial charge in [0.1, 0.15) is 5.82 Å². The summed E-state index contributed by atoms with van der Waals surface area (Å²) in [4.78, 5) is 13.2. The normalized spacial score (nSPS) is 18.5. The third kappa shape index (κ3) is 2.71. The zero-order valence-electron chi connectivity index (χ0n) is 10.9. The van der Waals surface area contributed by atoms with Gasteiger partial charge in [0, 0.05) is 30.5 Å². The molecule has 3 rings (SSSR count). The molecule has 3 heterocycles. The average molecular weight is 255 g/mol. The minimum absolute atomic E-state index is 0.456. The Morgan fingerprint density at radius 3 is 3.00 bits per heavy atom. The van der Waals surface area contributed by atoms with Crippen LogP contribution in [-0.4, -0.2) is 34.1 Å². The van der Waals surface area contributed by atoms with Gasteiger partial charge in [0.15, 0.2) is 0 Å². The zero-order chi connectivity index (χ0) is 13.1. The maximum absolute atomic E-state index is 4.60. The first kappa shape index (κ1) is 12.0. The first-order chi connectivity index (χ1) is 9.33. The lowest BCUT2D eigenvalue weighted by Crippen LogP contribution is -2.23. The zero-order valence-corrected chi connectivity index (χ0v) is 10.9. The van der Waals surface area contributed by atoms with Crippen LogP contribution < -0.4 is 10.6 Å². The molecule has 1 atom stereocenters. The highest BCUT2D eigenvalue weighted by Crippen LogP contribution is 2.19. The number of nitrogens with one attached hydrogen (secondary N) is 2. The summed E-state index contributed by atoms with van der Waals surface area (Å²) >= 11 is 0. The van der Waals surface area contributed by atoms with E-state index in [-0.39, 0.29) is 0 Å². The Labute approximate surface area is 112 Å². The van der Waals surface area contributed by atoms with Crippen molar-refractivity contribution >= 4 is 5.82 Å². The summed E-state index contributed by atoms with van der Waals surface area (Å²) < 4.78 is 0. The van der Waals surface area contributed by atoms with E-state index in [2.05, 4.69) is 25.6 Å². The number of hydrogen-bond donors (Lipinski definition) is 2. The van der Waals surface area contributed by atoms with Gasteiger partial charge in [-0.3, -0.25) is 4.98 Å². The summed E-state index contributed by atoms with van der Waals surface area (Å²) in [6.45, 7) is 4.04. The summed E-state index contributed by atoms with van der Waals surface area (Å²) in [6, 6.07) is 4.35. The molecule has 0 bridgehead atoms. The molecule has 0 spiro atoms. The van der Waals surface area contributed by atoms with Gasteiger partial charge in [-0.05, 0) is 32.0 Å². The Kier molecular flexibility index (Phi) is 3.37. The number of pyridine rings is 1. The van der Waals surface area contributed by atoms with Crippen LogP contribution >= 0.6 is 0 Å². The molecular weight excluding hydrogens is 238 g/mol. The van der Waals surface area contributed by atoms with Crippen molar-refractivity contribution in [2.45, 2.75) is 19.4 Å². The number of aryl methyl sites for hydroxylation is 1. The van der Waals surface area contributed by atoms with E-state index in [1.54, 1.807) is 18.6 Å². The van der Waals surface area contributed by atoms with Crippen LogP contribution in [0, 0.1) is 6.92 Å². The van der Waals surface area contributed by atoms with Crippen molar-refractivity contribution in [3.8, 4) is 11.3 Å². The molecule has 1 aliphatic heterocycles. The van der Waals surface area contributed by atoms with Gasteiger partial charge in [0.2, 0.25) is 0 Å². The van der Waals surface area contributed by atoms with Crippen molar-refractivity contribution in [1.29, 1.82) is 0 Å². The van der Waals surface area contributed by atoms with Gasteiger partial charge >= 0.3 is 0 Å². The Morgan fingerprint density at radius 2 is 2.32 bits per heavy atom. The molecule has 0 radical (unpaired) electrons. The maximum Gasteiger partial charge on any atom is 0.147 e. The van der Waals surface area contributed by atoms with E-state index >= 15 is 0 Å². The van der Waals surface area contributed by atoms with Gasteiger partial charge in [-0.15, -0.1) is 0 Å². The van der Waals surface area contributed by atoms with Crippen molar-refractivity contribution in [3.63, 3.8) is 0 Å². The van der Waals surface area contributed by atoms with Gasteiger partial charge < -0.3 is 10.6 Å². The lowest BCUT2D eigenvalue weighted by atomic mass is 10.2. The fraction of sp³-hybridized carbons (Fsp3) is 0.357. The lowest BCUT2D eigenvalue weighted by molar-refractivity contribution is 0.784. The molecule has 2 aromatic rings. The molecule has 19 heavy (non-hydrogen) atoms. The van der Waals surface area contributed by atoms with E-state index < -0.39 is 0 Å². The highest BCUT2D eigenvalue weighted by molar-refractivity contribution is 5.58. The molecular formula is C14H17N5. The fourth-order valence-corrected chi connectivity index (χ4v) is 2.25. The van der Waals surface area contributed by atoms with E-state index in [1.807, 2.05) is 19.1 Å². The Morgan fingerprint density at radius 1 is 1.37 bits per heavy atom. The van der Waals surface area contributed by atoms with Crippen molar-refractivity contribution in [2.24, 2.45) is 0 Å². The van der Waals surface area contributed by atoms with Crippen LogP contribution in [0.5, 0.6) is 0 Å². The minimum Gasteiger partial charge on any atom is -0.365 e. The van der Waals surface area contributed by atoms with Crippen LogP contribution in [0.25, 0.3) is 11.3 Å². The largest absolute Gasteiger partial charge is 0.365 e. The molecule has 5 nitrogen and oxygen atoms in total. The predicted molar refractivity (Wildman–Crippen MR) is 74.9 cm³/mol. The number of hydrogen-bond acceptors (Lipinski definition) is 5. The second kappa shape index (κ2) is 5.32. The van der Waals surface area contributed by atoms with Crippen molar-refractivity contribution in [2.75, 3.05) is 18.4 Å². The van der Waals surface area contributed by atoms with Gasteiger partial charge in [-0.1, -0.05) is 0 Å². The maximum atomic E-state index is 4.60. The number of aromatic nitrogens is 3. The monoisotopic (exact) mass is 255 g/mol. The minimum atomic E-state index is 0.456. The van der Waals surface area contributed by atoms with E-state index in [4.69, 9.17) is 0 Å². The molecule has 2 aromatic heterocycles. The SMILES string of the molecule is Cc1nc(-c2cccnc2)cnc1N[C@@H]1CCNC1. The summed E-state index contributed by atoms with van der Waals surface area (Å²) in [7, 11) is 0. The topological polar surface area (TPSA) is 62.7 Å². The molecule has 1 fully saturated rings. The third-order valence-electron chi connectivity index (χ3n) is 3.31. The Hall–Kier alpha value is -2.01. The first-order valence-corrected chi connectivity index (χ1v) is 6.54. The van der Waals surface area contributed by atoms with Crippen LogP contribution in [0.1, 0.15) is 12.1 Å². The smallest absolute Gasteiger partial charge is 0.147 e. The second-order valence-electron chi connectivity index (χ2n) is 4.77. The average Bonchev–Trinajstić information content (AvgIpc) is 2.95. The highest BCUT2D eigenvalue weighted by Gasteiger charge is 2.16. The molecule has 5 heteroatoms. The first-order valence-electron chi connectivity index (χ1n) is 6.54. The lowest BCUT2D eigenvalue weighted by Gasteiger charge is -2.14. The molecule has 0 unspecified atom stereocenters. The molecule has 0 saturated carbocycles. The van der Waals surface area contributed by atoms with E-state index in [0.29, 0.717) is 6.04 Å². The Balaban J connectivity index is 1.81. The van der Waals surface area contributed by atoms with Crippen LogP contribution in [0.4, 0.5) is 5.82 Å². The summed E-state index contributed by atoms with van der Waals surface area (Å²) in [6.07, 6.45) is 6.49. The summed E-state index contributed by atoms with van der Waals surface area (Å²) in [5, 5.41) is 6.77. The molecule has 98 valence electrons. The fourth-order valence-electron chi connectivity index (χ4n) is 2.25. The summed E-state index contributed by atoms with van der Waals surface area (Å²) in [5.41, 5.74) is 2.78. The predicted octanol–water partition coefficient (Wildman–Crippen LogP) is 1.62. The Bertz CT molecular complexity index is 549. The van der Waals surface area contributed by atoms with Crippen LogP contribution in [-0.2, 0) is 0 Å². The number of anilines is 1. The van der Waals surface area contributed by atoms with Crippen molar-refractivity contribution in [1.82, 2.24) is 20.3 Å². The molecule has 0 aromatic carbocycles. The third-order valence-corrected chi connectivity index (χ3v) is 3.31. The molecule has 0 aliphatic carbocycles. The highest BCUT2D eigenvalue weighted by atomic mass is 15.1. The van der Waals surface area contributed by atoms with E-state index in [9.17, 15) is 0 Å². The molecule has 1 aliphatic rings.